The highest BCUT2D eigenvalue weighted by atomic mass is 19.1. The zero-order chi connectivity index (χ0) is 51.3. The van der Waals surface area contributed by atoms with Crippen molar-refractivity contribution >= 4 is 72.6 Å². The van der Waals surface area contributed by atoms with Crippen molar-refractivity contribution < 1.29 is 13.5 Å². The summed E-state index contributed by atoms with van der Waals surface area (Å²) < 4.78 is 36.4. The Hall–Kier alpha value is -10.5. The molecular weight excluding hydrogens is 947 g/mol. The van der Waals surface area contributed by atoms with E-state index in [4.69, 9.17) is 15.7 Å². The molecule has 0 unspecified atom stereocenters. The average Bonchev–Trinajstić information content (AvgIpc) is 4.02. The van der Waals surface area contributed by atoms with Crippen molar-refractivity contribution in [2.75, 3.05) is 23.7 Å². The van der Waals surface area contributed by atoms with Crippen LogP contribution in [-0.2, 0) is 13.1 Å². The van der Waals surface area contributed by atoms with Crippen LogP contribution in [0.2, 0.25) is 0 Å². The Balaban J connectivity index is 0.000000178. The van der Waals surface area contributed by atoms with Crippen LogP contribution in [0, 0.1) is 46.8 Å². The SMILES string of the molecule is N#CNC(=NCC#Cc1ccc2ncnc(Nc3ccc4c(cnn4Cc4cccc(F)c4)c3)c2c1)Oc1ccccc1.NCC#Cc1ccc2ncnc(Nc3ccc4c(cnn4Cc4cccc(F)c4)c3)c2c1. The number of fused-ring (bicyclic) bond motifs is 4. The maximum Gasteiger partial charge on any atom is 0.304 e. The van der Waals surface area contributed by atoms with Crippen molar-refractivity contribution in [1.29, 1.82) is 5.26 Å². The molecule has 11 aromatic rings. The van der Waals surface area contributed by atoms with Crippen LogP contribution < -0.4 is 26.4 Å². The second-order valence-electron chi connectivity index (χ2n) is 16.7. The largest absolute Gasteiger partial charge is 0.425 e. The number of anilines is 4. The fourth-order valence-electron chi connectivity index (χ4n) is 8.09. The summed E-state index contributed by atoms with van der Waals surface area (Å²) >= 11 is 0. The van der Waals surface area contributed by atoms with Crippen LogP contribution in [-0.4, -0.2) is 58.6 Å². The molecule has 0 aliphatic heterocycles. The first-order valence-electron chi connectivity index (χ1n) is 23.4. The van der Waals surface area contributed by atoms with Crippen LogP contribution in [0.15, 0.2) is 182 Å². The van der Waals surface area contributed by atoms with Crippen molar-refractivity contribution in [3.63, 3.8) is 0 Å². The Kier molecular flexibility index (Phi) is 14.6. The first kappa shape index (κ1) is 48.1. The van der Waals surface area contributed by atoms with Crippen LogP contribution in [0.3, 0.4) is 0 Å². The summed E-state index contributed by atoms with van der Waals surface area (Å²) in [5.41, 5.74) is 14.0. The molecule has 0 radical (unpaired) electrons. The van der Waals surface area contributed by atoms with Gasteiger partial charge in [0.05, 0.1) is 54.1 Å². The van der Waals surface area contributed by atoms with E-state index in [1.807, 2.05) is 119 Å². The number of nitrogens with zero attached hydrogens (tertiary/aromatic N) is 10. The van der Waals surface area contributed by atoms with Gasteiger partial charge in [-0.2, -0.15) is 15.5 Å². The molecule has 5 N–H and O–H groups in total. The lowest BCUT2D eigenvalue weighted by molar-refractivity contribution is 0.528. The van der Waals surface area contributed by atoms with Gasteiger partial charge in [0.1, 0.15) is 48.2 Å². The van der Waals surface area contributed by atoms with Crippen molar-refractivity contribution in [3.8, 4) is 35.6 Å². The minimum absolute atomic E-state index is 0.0675. The van der Waals surface area contributed by atoms with Crippen LogP contribution in [0.25, 0.3) is 43.6 Å². The van der Waals surface area contributed by atoms with Crippen LogP contribution in [0.1, 0.15) is 22.3 Å². The average molecular weight is 989 g/mol. The second-order valence-corrected chi connectivity index (χ2v) is 16.7. The highest BCUT2D eigenvalue weighted by molar-refractivity contribution is 5.94. The number of nitrogens with two attached hydrogens (primary N) is 1. The summed E-state index contributed by atoms with van der Waals surface area (Å²) in [6, 6.07) is 45.6. The van der Waals surface area contributed by atoms with E-state index < -0.39 is 0 Å². The van der Waals surface area contributed by atoms with Crippen LogP contribution in [0.5, 0.6) is 5.75 Å². The normalized spacial score (nSPS) is 10.9. The van der Waals surface area contributed by atoms with Gasteiger partial charge in [0.2, 0.25) is 0 Å². The second kappa shape index (κ2) is 22.7. The van der Waals surface area contributed by atoms with Gasteiger partial charge < -0.3 is 21.1 Å². The zero-order valence-corrected chi connectivity index (χ0v) is 39.8. The molecule has 4 aromatic heterocycles. The highest BCUT2D eigenvalue weighted by Gasteiger charge is 2.11. The van der Waals surface area contributed by atoms with E-state index in [-0.39, 0.29) is 24.2 Å². The molecule has 0 aliphatic carbocycles. The van der Waals surface area contributed by atoms with Crippen molar-refractivity contribution in [3.05, 3.63) is 211 Å². The van der Waals surface area contributed by atoms with E-state index in [1.165, 1.54) is 36.9 Å². The summed E-state index contributed by atoms with van der Waals surface area (Å²) in [6.07, 6.45) is 8.46. The van der Waals surface area contributed by atoms with Crippen LogP contribution in [0.4, 0.5) is 31.8 Å². The number of halogens is 2. The van der Waals surface area contributed by atoms with Crippen molar-refractivity contribution in [1.82, 2.24) is 44.8 Å². The number of hydrogen-bond acceptors (Lipinski definition) is 12. The summed E-state index contributed by atoms with van der Waals surface area (Å²) in [6.45, 7) is 1.40. The molecule has 0 fully saturated rings. The quantitative estimate of drug-likeness (QED) is 0.0334. The van der Waals surface area contributed by atoms with Gasteiger partial charge in [-0.25, -0.2) is 39.0 Å². The summed E-state index contributed by atoms with van der Waals surface area (Å²) in [5, 5.41) is 30.8. The Morgan fingerprint density at radius 1 is 0.600 bits per heavy atom. The molecule has 11 rings (SSSR count). The first-order chi connectivity index (χ1) is 36.8. The van der Waals surface area contributed by atoms with Gasteiger partial charge in [-0.15, -0.1) is 0 Å². The lowest BCUT2D eigenvalue weighted by Crippen LogP contribution is -2.24. The highest BCUT2D eigenvalue weighted by Crippen LogP contribution is 2.29. The number of amidine groups is 1. The fourth-order valence-corrected chi connectivity index (χ4v) is 8.09. The minimum Gasteiger partial charge on any atom is -0.425 e. The van der Waals surface area contributed by atoms with E-state index in [0.29, 0.717) is 37.0 Å². The van der Waals surface area contributed by atoms with E-state index in [1.54, 1.807) is 36.7 Å². The number of rotatable bonds is 10. The molecule has 4 heterocycles. The molecule has 364 valence electrons. The topological polar surface area (TPSA) is 195 Å². The van der Waals surface area contributed by atoms with Gasteiger partial charge in [0.15, 0.2) is 6.19 Å². The predicted octanol–water partition coefficient (Wildman–Crippen LogP) is 9.99. The maximum absolute atomic E-state index is 13.6. The Morgan fingerprint density at radius 2 is 1.15 bits per heavy atom. The maximum atomic E-state index is 13.6. The van der Waals surface area contributed by atoms with E-state index in [0.717, 1.165) is 77.2 Å². The third-order valence-electron chi connectivity index (χ3n) is 11.5. The van der Waals surface area contributed by atoms with Gasteiger partial charge in [-0.05, 0) is 120 Å². The Labute approximate surface area is 428 Å². The number of benzene rings is 7. The molecule has 7 aromatic carbocycles. The first-order valence-corrected chi connectivity index (χ1v) is 23.4. The zero-order valence-electron chi connectivity index (χ0n) is 39.8. The molecule has 0 spiro atoms. The summed E-state index contributed by atoms with van der Waals surface area (Å²) in [7, 11) is 0. The molecule has 0 atom stereocenters. The Morgan fingerprint density at radius 3 is 1.67 bits per heavy atom. The molecule has 0 bridgehead atoms. The monoisotopic (exact) mass is 988 g/mol. The van der Waals surface area contributed by atoms with E-state index in [9.17, 15) is 8.78 Å². The lowest BCUT2D eigenvalue weighted by atomic mass is 10.1. The fraction of sp³-hybridized carbons (Fsp3) is 0.0690. The number of aromatic nitrogens is 8. The van der Waals surface area contributed by atoms with E-state index in [2.05, 4.69) is 74.8 Å². The Bertz CT molecular complexity index is 4070. The minimum atomic E-state index is -0.268. The number of para-hydroxylation sites is 1. The molecule has 75 heavy (non-hydrogen) atoms. The predicted molar refractivity (Wildman–Crippen MR) is 287 cm³/mol. The van der Waals surface area contributed by atoms with Crippen molar-refractivity contribution in [2.45, 2.75) is 13.1 Å². The lowest BCUT2D eigenvalue weighted by Gasteiger charge is -2.09. The molecule has 17 heteroatoms. The summed E-state index contributed by atoms with van der Waals surface area (Å²) in [5.74, 6) is 13.4. The number of hydrogen-bond donors (Lipinski definition) is 4. The van der Waals surface area contributed by atoms with E-state index >= 15 is 0 Å². The number of nitriles is 1. The van der Waals surface area contributed by atoms with Gasteiger partial charge in [-0.3, -0.25) is 9.36 Å². The summed E-state index contributed by atoms with van der Waals surface area (Å²) in [4.78, 5) is 21.9. The van der Waals surface area contributed by atoms with Gasteiger partial charge in [-0.1, -0.05) is 66.1 Å². The standard InChI is InChI=1S/C33H23FN8O.C25H19FN6/c34-26-8-4-6-24(16-26)20-42-31-14-12-27(18-25(31)19-40-42)41-32-29-17-23(11-13-30(29)38-22-39-32)7-5-15-36-33(37-21-35)43-28-9-2-1-3-10-28;26-20-5-1-3-18(11-20)15-32-24-9-7-21(13-19(24)14-30-32)31-25-22-12-17(4-2-10-27)6-8-23(22)28-16-29-25/h1-4,6,8-14,16-19,22H,15,20H2,(H,36,37)(H,38,39,41);1,3,5-9,11-14,16H,10,15,27H2,(H,28,29,31). The third-order valence-corrected chi connectivity index (χ3v) is 11.5. The number of aliphatic imine (C=N–C) groups is 1. The van der Waals surface area contributed by atoms with Gasteiger partial charge >= 0.3 is 6.02 Å². The molecule has 15 nitrogen and oxygen atoms in total. The molecule has 0 amide bonds. The van der Waals surface area contributed by atoms with Gasteiger partial charge in [0.25, 0.3) is 0 Å². The van der Waals surface area contributed by atoms with Crippen LogP contribution >= 0.6 is 0 Å². The molecular formula is C58H42F2N14O. The molecule has 0 aliphatic rings. The molecule has 0 saturated carbocycles. The third kappa shape index (κ3) is 12.0. The number of ether oxygens (including phenoxy) is 1. The molecule has 0 saturated heterocycles. The van der Waals surface area contributed by atoms with Gasteiger partial charge in [0, 0.05) is 44.0 Å². The number of nitrogens with one attached hydrogen (secondary N) is 3. The smallest absolute Gasteiger partial charge is 0.304 e. The van der Waals surface area contributed by atoms with Crippen molar-refractivity contribution in [2.24, 2.45) is 10.7 Å².